The van der Waals surface area contributed by atoms with E-state index in [-0.39, 0.29) is 5.78 Å². The van der Waals surface area contributed by atoms with Gasteiger partial charge in [0.25, 0.3) is 0 Å². The van der Waals surface area contributed by atoms with Crippen molar-refractivity contribution in [1.82, 2.24) is 0 Å². The molecule has 1 aliphatic heterocycles. The maximum atomic E-state index is 11.3. The summed E-state index contributed by atoms with van der Waals surface area (Å²) in [4.78, 5) is 13.3. The van der Waals surface area contributed by atoms with Crippen molar-refractivity contribution >= 4 is 11.5 Å². The van der Waals surface area contributed by atoms with Gasteiger partial charge >= 0.3 is 0 Å². The van der Waals surface area contributed by atoms with Crippen LogP contribution in [0.1, 0.15) is 18.4 Å². The Morgan fingerprint density at radius 1 is 1.33 bits per heavy atom. The third-order valence-corrected chi connectivity index (χ3v) is 2.62. The Balaban J connectivity index is 2.29. The highest BCUT2D eigenvalue weighted by Crippen LogP contribution is 2.22. The fraction of sp³-hybridized carbons (Fsp3) is 0.333. The number of rotatable bonds is 1. The third-order valence-electron chi connectivity index (χ3n) is 2.62. The Labute approximate surface area is 88.9 Å². The number of piperidine rings is 1. The Hall–Kier alpha value is -1.82. The Morgan fingerprint density at radius 3 is 2.87 bits per heavy atom. The molecule has 0 N–H and O–H groups in total. The average Bonchev–Trinajstić information content (AvgIpc) is 2.29. The molecule has 1 aliphatic rings. The second kappa shape index (κ2) is 4.14. The molecule has 1 heterocycles. The standard InChI is InChI=1S/C12H12N2O/c13-8-10-4-1-2-6-12(10)14-7-3-5-11(15)9-14/h1-2,4,6H,3,5,7,9H2. The number of carbonyl (C=O) groups excluding carboxylic acids is 1. The molecule has 0 bridgehead atoms. The molecule has 1 aromatic rings. The van der Waals surface area contributed by atoms with Crippen molar-refractivity contribution in [1.29, 1.82) is 5.26 Å². The summed E-state index contributed by atoms with van der Waals surface area (Å²) in [5, 5.41) is 8.95. The van der Waals surface area contributed by atoms with Gasteiger partial charge in [0.2, 0.25) is 0 Å². The summed E-state index contributed by atoms with van der Waals surface area (Å²) in [7, 11) is 0. The monoisotopic (exact) mass is 200 g/mol. The zero-order valence-electron chi connectivity index (χ0n) is 8.44. The highest BCUT2D eigenvalue weighted by Gasteiger charge is 2.18. The number of Topliss-reactive ketones (excluding diaryl/α,β-unsaturated/α-hetero) is 1. The van der Waals surface area contributed by atoms with Gasteiger partial charge in [0.05, 0.1) is 17.8 Å². The van der Waals surface area contributed by atoms with E-state index in [1.165, 1.54) is 0 Å². The molecule has 0 saturated carbocycles. The lowest BCUT2D eigenvalue weighted by Gasteiger charge is -2.28. The normalized spacial score (nSPS) is 16.2. The molecule has 0 atom stereocenters. The van der Waals surface area contributed by atoms with Crippen LogP contribution in [-0.2, 0) is 4.79 Å². The molecule has 1 saturated heterocycles. The Bertz CT molecular complexity index is 420. The molecule has 2 rings (SSSR count). The molecule has 76 valence electrons. The van der Waals surface area contributed by atoms with Crippen molar-refractivity contribution < 1.29 is 4.79 Å². The smallest absolute Gasteiger partial charge is 0.152 e. The second-order valence-electron chi connectivity index (χ2n) is 3.69. The molecule has 0 amide bonds. The van der Waals surface area contributed by atoms with Crippen LogP contribution in [-0.4, -0.2) is 18.9 Å². The minimum absolute atomic E-state index is 0.258. The first-order valence-corrected chi connectivity index (χ1v) is 5.07. The van der Waals surface area contributed by atoms with E-state index in [0.717, 1.165) is 18.7 Å². The van der Waals surface area contributed by atoms with Crippen molar-refractivity contribution in [2.45, 2.75) is 12.8 Å². The number of benzene rings is 1. The zero-order chi connectivity index (χ0) is 10.7. The van der Waals surface area contributed by atoms with Gasteiger partial charge in [-0.3, -0.25) is 4.79 Å². The summed E-state index contributed by atoms with van der Waals surface area (Å²) in [5.74, 6) is 0.258. The van der Waals surface area contributed by atoms with Crippen LogP contribution in [0.5, 0.6) is 0 Å². The Kier molecular flexibility index (Phi) is 2.68. The quantitative estimate of drug-likeness (QED) is 0.693. The van der Waals surface area contributed by atoms with Gasteiger partial charge in [0.15, 0.2) is 5.78 Å². The molecule has 15 heavy (non-hydrogen) atoms. The van der Waals surface area contributed by atoms with E-state index < -0.39 is 0 Å². The van der Waals surface area contributed by atoms with Crippen LogP contribution in [0.15, 0.2) is 24.3 Å². The van der Waals surface area contributed by atoms with Gasteiger partial charge in [0.1, 0.15) is 6.07 Å². The first-order valence-electron chi connectivity index (χ1n) is 5.07. The Morgan fingerprint density at radius 2 is 2.13 bits per heavy atom. The summed E-state index contributed by atoms with van der Waals surface area (Å²) < 4.78 is 0. The minimum Gasteiger partial charge on any atom is -0.363 e. The van der Waals surface area contributed by atoms with E-state index in [9.17, 15) is 4.79 Å². The average molecular weight is 200 g/mol. The van der Waals surface area contributed by atoms with Gasteiger partial charge in [-0.05, 0) is 18.6 Å². The topological polar surface area (TPSA) is 44.1 Å². The summed E-state index contributed by atoms with van der Waals surface area (Å²) in [6.07, 6.45) is 1.56. The molecule has 3 heteroatoms. The lowest BCUT2D eigenvalue weighted by atomic mass is 10.1. The SMILES string of the molecule is N#Cc1ccccc1N1CCCC(=O)C1. The fourth-order valence-electron chi connectivity index (χ4n) is 1.89. The lowest BCUT2D eigenvalue weighted by molar-refractivity contribution is -0.118. The summed E-state index contributed by atoms with van der Waals surface area (Å²) in [6.45, 7) is 1.31. The maximum absolute atomic E-state index is 11.3. The van der Waals surface area contributed by atoms with Gasteiger partial charge in [-0.15, -0.1) is 0 Å². The molecule has 1 fully saturated rings. The first-order chi connectivity index (χ1) is 7.31. The molecule has 3 nitrogen and oxygen atoms in total. The highest BCUT2D eigenvalue weighted by atomic mass is 16.1. The molecule has 0 spiro atoms. The van der Waals surface area contributed by atoms with Crippen LogP contribution in [0, 0.1) is 11.3 Å². The number of ketones is 1. The van der Waals surface area contributed by atoms with Gasteiger partial charge in [-0.2, -0.15) is 5.26 Å². The highest BCUT2D eigenvalue weighted by molar-refractivity contribution is 5.85. The molecular formula is C12H12N2O. The predicted octanol–water partition coefficient (Wildman–Crippen LogP) is 1.73. The molecule has 1 aromatic carbocycles. The minimum atomic E-state index is 0.258. The molecular weight excluding hydrogens is 188 g/mol. The number of nitrogens with zero attached hydrogens (tertiary/aromatic N) is 2. The molecule has 0 aromatic heterocycles. The number of hydrogen-bond donors (Lipinski definition) is 0. The van der Waals surface area contributed by atoms with Crippen LogP contribution in [0.3, 0.4) is 0 Å². The van der Waals surface area contributed by atoms with Crippen LogP contribution in [0.2, 0.25) is 0 Å². The lowest BCUT2D eigenvalue weighted by Crippen LogP contribution is -2.35. The van der Waals surface area contributed by atoms with Crippen LogP contribution < -0.4 is 4.90 Å². The number of nitriles is 1. The number of para-hydroxylation sites is 1. The van der Waals surface area contributed by atoms with Crippen molar-refractivity contribution in [3.63, 3.8) is 0 Å². The van der Waals surface area contributed by atoms with Crippen molar-refractivity contribution in [3.05, 3.63) is 29.8 Å². The van der Waals surface area contributed by atoms with Crippen molar-refractivity contribution in [2.24, 2.45) is 0 Å². The molecule has 0 radical (unpaired) electrons. The van der Waals surface area contributed by atoms with Crippen molar-refractivity contribution in [2.75, 3.05) is 18.0 Å². The second-order valence-corrected chi connectivity index (χ2v) is 3.69. The van der Waals surface area contributed by atoms with E-state index in [4.69, 9.17) is 5.26 Å². The van der Waals surface area contributed by atoms with Gasteiger partial charge in [-0.25, -0.2) is 0 Å². The molecule has 0 unspecified atom stereocenters. The van der Waals surface area contributed by atoms with Crippen LogP contribution in [0.4, 0.5) is 5.69 Å². The predicted molar refractivity (Wildman–Crippen MR) is 57.6 cm³/mol. The van der Waals surface area contributed by atoms with Gasteiger partial charge in [0, 0.05) is 13.0 Å². The number of carbonyl (C=O) groups is 1. The first kappa shape index (κ1) is 9.72. The summed E-state index contributed by atoms with van der Waals surface area (Å²) in [6, 6.07) is 9.58. The van der Waals surface area contributed by atoms with Crippen molar-refractivity contribution in [3.8, 4) is 6.07 Å². The fourth-order valence-corrected chi connectivity index (χ4v) is 1.89. The third kappa shape index (κ3) is 1.99. The van der Waals surface area contributed by atoms with E-state index >= 15 is 0 Å². The van der Waals surface area contributed by atoms with Crippen LogP contribution in [0.25, 0.3) is 0 Å². The van der Waals surface area contributed by atoms with E-state index in [0.29, 0.717) is 18.5 Å². The van der Waals surface area contributed by atoms with Gasteiger partial charge < -0.3 is 4.90 Å². The van der Waals surface area contributed by atoms with E-state index in [1.54, 1.807) is 6.07 Å². The van der Waals surface area contributed by atoms with E-state index in [2.05, 4.69) is 6.07 Å². The number of hydrogen-bond acceptors (Lipinski definition) is 3. The van der Waals surface area contributed by atoms with E-state index in [1.807, 2.05) is 23.1 Å². The van der Waals surface area contributed by atoms with Crippen LogP contribution >= 0.6 is 0 Å². The van der Waals surface area contributed by atoms with Gasteiger partial charge in [-0.1, -0.05) is 12.1 Å². The zero-order valence-corrected chi connectivity index (χ0v) is 8.44. The largest absolute Gasteiger partial charge is 0.363 e. The summed E-state index contributed by atoms with van der Waals surface area (Å²) >= 11 is 0. The summed E-state index contributed by atoms with van der Waals surface area (Å²) in [5.41, 5.74) is 1.53. The number of anilines is 1. The maximum Gasteiger partial charge on any atom is 0.152 e. The molecule has 0 aliphatic carbocycles.